The number of hydrogen-bond acceptors (Lipinski definition) is 3. The highest BCUT2D eigenvalue weighted by molar-refractivity contribution is 5.97. The van der Waals surface area contributed by atoms with E-state index in [2.05, 4.69) is 16.7 Å². The zero-order chi connectivity index (χ0) is 19.9. The normalized spacial score (nSPS) is 14.4. The van der Waals surface area contributed by atoms with Gasteiger partial charge in [0.1, 0.15) is 5.75 Å². The van der Waals surface area contributed by atoms with Gasteiger partial charge in [-0.15, -0.1) is 0 Å². The Kier molecular flexibility index (Phi) is 6.69. The molecule has 1 aliphatic carbocycles. The summed E-state index contributed by atoms with van der Waals surface area (Å²) in [4.78, 5) is 24.7. The Morgan fingerprint density at radius 2 is 1.71 bits per heavy atom. The Balaban J connectivity index is 1.54. The molecule has 0 spiro atoms. The molecule has 1 aliphatic rings. The molecule has 1 fully saturated rings. The quantitative estimate of drug-likeness (QED) is 0.781. The lowest BCUT2D eigenvalue weighted by atomic mass is 9.95. The number of hydrogen-bond donors (Lipinski definition) is 2. The fourth-order valence-corrected chi connectivity index (χ4v) is 3.62. The summed E-state index contributed by atoms with van der Waals surface area (Å²) in [5, 5.41) is 5.89. The fourth-order valence-electron chi connectivity index (χ4n) is 3.62. The van der Waals surface area contributed by atoms with Crippen LogP contribution < -0.4 is 15.4 Å². The maximum Gasteiger partial charge on any atom is 0.262 e. The van der Waals surface area contributed by atoms with Gasteiger partial charge in [-0.05, 0) is 68.1 Å². The van der Waals surface area contributed by atoms with Crippen LogP contribution in [0.2, 0.25) is 0 Å². The maximum atomic E-state index is 12.5. The minimum absolute atomic E-state index is 0.0820. The van der Waals surface area contributed by atoms with Gasteiger partial charge in [0.05, 0.1) is 0 Å². The Bertz CT molecular complexity index is 821. The molecular weight excluding hydrogens is 352 g/mol. The number of benzene rings is 2. The number of carbonyl (C=O) groups excluding carboxylic acids is 2. The van der Waals surface area contributed by atoms with Crippen molar-refractivity contribution < 1.29 is 14.3 Å². The van der Waals surface area contributed by atoms with Crippen molar-refractivity contribution in [2.24, 2.45) is 0 Å². The van der Waals surface area contributed by atoms with E-state index in [1.54, 1.807) is 24.3 Å². The number of rotatable bonds is 6. The van der Waals surface area contributed by atoms with Crippen LogP contribution in [0.15, 0.2) is 42.5 Å². The van der Waals surface area contributed by atoms with Crippen LogP contribution >= 0.6 is 0 Å². The smallest absolute Gasteiger partial charge is 0.262 e. The molecule has 2 aromatic carbocycles. The maximum absolute atomic E-state index is 12.5. The zero-order valence-electron chi connectivity index (χ0n) is 16.6. The monoisotopic (exact) mass is 380 g/mol. The van der Waals surface area contributed by atoms with Gasteiger partial charge >= 0.3 is 0 Å². The second-order valence-electron chi connectivity index (χ2n) is 7.55. The van der Waals surface area contributed by atoms with Crippen LogP contribution in [0.25, 0.3) is 0 Å². The summed E-state index contributed by atoms with van der Waals surface area (Å²) in [5.41, 5.74) is 3.32. The molecule has 0 unspecified atom stereocenters. The predicted molar refractivity (Wildman–Crippen MR) is 111 cm³/mol. The minimum atomic E-state index is -0.260. The number of aryl methyl sites for hydroxylation is 2. The largest absolute Gasteiger partial charge is 0.484 e. The summed E-state index contributed by atoms with van der Waals surface area (Å²) < 4.78 is 5.59. The molecule has 2 N–H and O–H groups in total. The zero-order valence-corrected chi connectivity index (χ0v) is 16.6. The Morgan fingerprint density at radius 1 is 1.00 bits per heavy atom. The molecule has 1 saturated carbocycles. The molecule has 0 bridgehead atoms. The molecule has 3 rings (SSSR count). The third-order valence-electron chi connectivity index (χ3n) is 4.91. The van der Waals surface area contributed by atoms with Gasteiger partial charge in [-0.1, -0.05) is 31.4 Å². The van der Waals surface area contributed by atoms with Crippen LogP contribution in [-0.4, -0.2) is 24.5 Å². The van der Waals surface area contributed by atoms with E-state index in [0.29, 0.717) is 17.0 Å². The third kappa shape index (κ3) is 5.84. The lowest BCUT2D eigenvalue weighted by molar-refractivity contribution is -0.118. The standard InChI is InChI=1S/C23H28N2O3/c1-16-11-17(2)13-21(12-16)28-15-22(26)24-20-10-6-7-18(14-20)23(27)25-19-8-4-3-5-9-19/h6-7,10-14,19H,3-5,8-9,15H2,1-2H3,(H,24,26)(H,25,27). The fraction of sp³-hybridized carbons (Fsp3) is 0.391. The van der Waals surface area contributed by atoms with Crippen LogP contribution in [0.5, 0.6) is 5.75 Å². The van der Waals surface area contributed by atoms with Crippen LogP contribution in [-0.2, 0) is 4.79 Å². The van der Waals surface area contributed by atoms with Gasteiger partial charge < -0.3 is 15.4 Å². The third-order valence-corrected chi connectivity index (χ3v) is 4.91. The van der Waals surface area contributed by atoms with E-state index in [4.69, 9.17) is 4.74 Å². The highest BCUT2D eigenvalue weighted by Gasteiger charge is 2.17. The Labute approximate surface area is 166 Å². The minimum Gasteiger partial charge on any atom is -0.484 e. The van der Waals surface area contributed by atoms with Crippen LogP contribution in [0.3, 0.4) is 0 Å². The lowest BCUT2D eigenvalue weighted by Crippen LogP contribution is -2.36. The topological polar surface area (TPSA) is 67.4 Å². The van der Waals surface area contributed by atoms with E-state index in [1.807, 2.05) is 26.0 Å². The lowest BCUT2D eigenvalue weighted by Gasteiger charge is -2.22. The van der Waals surface area contributed by atoms with Crippen LogP contribution in [0.4, 0.5) is 5.69 Å². The first-order valence-corrected chi connectivity index (χ1v) is 9.91. The SMILES string of the molecule is Cc1cc(C)cc(OCC(=O)Nc2cccc(C(=O)NC3CCCCC3)c2)c1. The van der Waals surface area contributed by atoms with Crippen LogP contribution in [0, 0.1) is 13.8 Å². The molecule has 0 saturated heterocycles. The van der Waals surface area contributed by atoms with Gasteiger partial charge in [0.25, 0.3) is 11.8 Å². The van der Waals surface area contributed by atoms with Crippen molar-refractivity contribution in [1.29, 1.82) is 0 Å². The molecule has 2 amide bonds. The van der Waals surface area contributed by atoms with Crippen molar-refractivity contribution in [2.75, 3.05) is 11.9 Å². The summed E-state index contributed by atoms with van der Waals surface area (Å²) in [7, 11) is 0. The van der Waals surface area contributed by atoms with Gasteiger partial charge in [-0.25, -0.2) is 0 Å². The van der Waals surface area contributed by atoms with E-state index in [9.17, 15) is 9.59 Å². The summed E-state index contributed by atoms with van der Waals surface area (Å²) in [6, 6.07) is 13.1. The predicted octanol–water partition coefficient (Wildman–Crippen LogP) is 4.38. The van der Waals surface area contributed by atoms with Gasteiger partial charge in [0.2, 0.25) is 0 Å². The molecule has 0 heterocycles. The summed E-state index contributed by atoms with van der Waals surface area (Å²) >= 11 is 0. The molecule has 5 nitrogen and oxygen atoms in total. The van der Waals surface area contributed by atoms with Gasteiger partial charge in [-0.2, -0.15) is 0 Å². The number of amides is 2. The van der Waals surface area contributed by atoms with Crippen molar-refractivity contribution in [1.82, 2.24) is 5.32 Å². The first-order valence-electron chi connectivity index (χ1n) is 9.91. The number of anilines is 1. The molecule has 5 heteroatoms. The molecule has 0 aromatic heterocycles. The van der Waals surface area contributed by atoms with Crippen molar-refractivity contribution in [2.45, 2.75) is 52.0 Å². The molecule has 148 valence electrons. The van der Waals surface area contributed by atoms with Crippen molar-refractivity contribution in [3.05, 3.63) is 59.2 Å². The number of nitrogens with one attached hydrogen (secondary N) is 2. The van der Waals surface area contributed by atoms with Crippen molar-refractivity contribution in [3.63, 3.8) is 0 Å². The van der Waals surface area contributed by atoms with E-state index >= 15 is 0 Å². The Hall–Kier alpha value is -2.82. The average molecular weight is 380 g/mol. The number of carbonyl (C=O) groups is 2. The summed E-state index contributed by atoms with van der Waals surface area (Å²) in [5.74, 6) is 0.326. The van der Waals surface area contributed by atoms with Crippen LogP contribution in [0.1, 0.15) is 53.6 Å². The molecule has 2 aromatic rings. The van der Waals surface area contributed by atoms with Gasteiger partial charge in [0.15, 0.2) is 6.61 Å². The van der Waals surface area contributed by atoms with Crippen molar-refractivity contribution >= 4 is 17.5 Å². The summed E-state index contributed by atoms with van der Waals surface area (Å²) in [6.07, 6.45) is 5.66. The average Bonchev–Trinajstić information content (AvgIpc) is 2.67. The first-order chi connectivity index (χ1) is 13.5. The molecule has 0 radical (unpaired) electrons. The number of ether oxygens (including phenoxy) is 1. The van der Waals surface area contributed by atoms with Gasteiger partial charge in [-0.3, -0.25) is 9.59 Å². The Morgan fingerprint density at radius 3 is 2.43 bits per heavy atom. The van der Waals surface area contributed by atoms with E-state index in [-0.39, 0.29) is 24.5 Å². The highest BCUT2D eigenvalue weighted by atomic mass is 16.5. The molecule has 0 atom stereocenters. The van der Waals surface area contributed by atoms with E-state index in [1.165, 1.54) is 19.3 Å². The molecule has 28 heavy (non-hydrogen) atoms. The van der Waals surface area contributed by atoms with E-state index < -0.39 is 0 Å². The molecule has 0 aliphatic heterocycles. The van der Waals surface area contributed by atoms with Gasteiger partial charge in [0, 0.05) is 17.3 Å². The molecular formula is C23H28N2O3. The second kappa shape index (κ2) is 9.40. The first kappa shape index (κ1) is 19.9. The highest BCUT2D eigenvalue weighted by Crippen LogP contribution is 2.19. The van der Waals surface area contributed by atoms with Crippen molar-refractivity contribution in [3.8, 4) is 5.75 Å². The van der Waals surface area contributed by atoms with E-state index in [0.717, 1.165) is 24.0 Å². The summed E-state index contributed by atoms with van der Waals surface area (Å²) in [6.45, 7) is 3.90. The second-order valence-corrected chi connectivity index (χ2v) is 7.55.